The monoisotopic (exact) mass is 204 g/mol. The Labute approximate surface area is 82.5 Å². The van der Waals surface area contributed by atoms with Crippen molar-refractivity contribution >= 4 is 27.4 Å². The van der Waals surface area contributed by atoms with Crippen LogP contribution in [-0.2, 0) is 4.79 Å². The summed E-state index contributed by atoms with van der Waals surface area (Å²) >= 11 is 0. The normalized spacial score (nSPS) is 28.2. The molecule has 70 valence electrons. The summed E-state index contributed by atoms with van der Waals surface area (Å²) < 4.78 is 0.529. The van der Waals surface area contributed by atoms with Crippen molar-refractivity contribution in [1.82, 2.24) is 0 Å². The van der Waals surface area contributed by atoms with Crippen LogP contribution in [0.4, 0.5) is 0 Å². The summed E-state index contributed by atoms with van der Waals surface area (Å²) in [6.45, 7) is 4.00. The fourth-order valence-corrected chi connectivity index (χ4v) is 3.95. The molecule has 1 nitrogen and oxygen atoms in total. The first-order valence-electron chi connectivity index (χ1n) is 4.42. The molecule has 1 rings (SSSR count). The molecule has 0 aromatic heterocycles. The first kappa shape index (κ1) is 10.5. The zero-order valence-electron chi connectivity index (χ0n) is 7.76. The molecule has 0 radical (unpaired) electrons. The van der Waals surface area contributed by atoms with Gasteiger partial charge in [-0.3, -0.25) is 0 Å². The summed E-state index contributed by atoms with van der Waals surface area (Å²) in [6.07, 6.45) is 4.34. The number of carbonyl (C=O) groups is 1. The zero-order valence-corrected chi connectivity index (χ0v) is 9.39. The van der Waals surface area contributed by atoms with Crippen molar-refractivity contribution in [3.8, 4) is 0 Å². The van der Waals surface area contributed by atoms with E-state index in [-0.39, 0.29) is 0 Å². The Balaban J connectivity index is 1.98. The van der Waals surface area contributed by atoms with Gasteiger partial charge in [0.1, 0.15) is 5.78 Å². The van der Waals surface area contributed by atoms with E-state index in [4.69, 9.17) is 0 Å². The van der Waals surface area contributed by atoms with Crippen molar-refractivity contribution in [3.05, 3.63) is 0 Å². The Morgan fingerprint density at radius 1 is 1.50 bits per heavy atom. The SMILES string of the molecule is CC(=O)CCCC[C@]1(C)CSS1. The number of unbranched alkanes of at least 4 members (excludes halogenated alkanes) is 1. The predicted molar refractivity (Wildman–Crippen MR) is 57.6 cm³/mol. The molecule has 1 aliphatic rings. The maximum absolute atomic E-state index is 10.6. The van der Waals surface area contributed by atoms with E-state index in [0.717, 1.165) is 12.8 Å². The average molecular weight is 204 g/mol. The van der Waals surface area contributed by atoms with Gasteiger partial charge in [0.2, 0.25) is 0 Å². The topological polar surface area (TPSA) is 17.1 Å². The lowest BCUT2D eigenvalue weighted by atomic mass is 10.0. The van der Waals surface area contributed by atoms with Crippen LogP contribution in [-0.4, -0.2) is 16.3 Å². The van der Waals surface area contributed by atoms with Gasteiger partial charge >= 0.3 is 0 Å². The lowest BCUT2D eigenvalue weighted by Crippen LogP contribution is -2.28. The molecular weight excluding hydrogens is 188 g/mol. The van der Waals surface area contributed by atoms with E-state index in [1.807, 2.05) is 21.6 Å². The second-order valence-corrected chi connectivity index (χ2v) is 6.59. The van der Waals surface area contributed by atoms with Gasteiger partial charge in [0.05, 0.1) is 0 Å². The minimum atomic E-state index is 0.329. The van der Waals surface area contributed by atoms with Crippen LogP contribution in [0.5, 0.6) is 0 Å². The largest absolute Gasteiger partial charge is 0.300 e. The standard InChI is InChI=1S/C9H16OS2/c1-8(10)5-3-4-6-9(2)7-11-12-9/h3-7H2,1-2H3/t9-/m1/s1. The lowest BCUT2D eigenvalue weighted by molar-refractivity contribution is -0.117. The number of hydrogen-bond acceptors (Lipinski definition) is 3. The fourth-order valence-electron chi connectivity index (χ4n) is 1.25. The van der Waals surface area contributed by atoms with Crippen LogP contribution in [0.1, 0.15) is 39.5 Å². The molecule has 12 heavy (non-hydrogen) atoms. The smallest absolute Gasteiger partial charge is 0.129 e. The first-order chi connectivity index (χ1) is 5.62. The van der Waals surface area contributed by atoms with E-state index in [1.165, 1.54) is 18.6 Å². The molecule has 0 N–H and O–H groups in total. The molecule has 0 spiro atoms. The first-order valence-corrected chi connectivity index (χ1v) is 6.74. The third-order valence-corrected chi connectivity index (χ3v) is 5.83. The maximum atomic E-state index is 10.6. The Morgan fingerprint density at radius 3 is 2.58 bits per heavy atom. The van der Waals surface area contributed by atoms with Gasteiger partial charge in [-0.25, -0.2) is 0 Å². The quantitative estimate of drug-likeness (QED) is 0.505. The molecule has 1 heterocycles. The van der Waals surface area contributed by atoms with Gasteiger partial charge in [-0.15, -0.1) is 0 Å². The average Bonchev–Trinajstić information content (AvgIpc) is 1.94. The predicted octanol–water partition coefficient (Wildman–Crippen LogP) is 3.29. The summed E-state index contributed by atoms with van der Waals surface area (Å²) in [7, 11) is 3.96. The molecule has 0 unspecified atom stereocenters. The van der Waals surface area contributed by atoms with Gasteiger partial charge in [-0.2, -0.15) is 0 Å². The highest BCUT2D eigenvalue weighted by Gasteiger charge is 2.33. The van der Waals surface area contributed by atoms with Crippen molar-refractivity contribution in [2.24, 2.45) is 0 Å². The van der Waals surface area contributed by atoms with Crippen LogP contribution >= 0.6 is 21.6 Å². The zero-order chi connectivity index (χ0) is 9.03. The minimum Gasteiger partial charge on any atom is -0.300 e. The molecule has 0 saturated carbocycles. The highest BCUT2D eigenvalue weighted by molar-refractivity contribution is 8.80. The number of ketones is 1. The van der Waals surface area contributed by atoms with Crippen molar-refractivity contribution in [2.75, 3.05) is 5.75 Å². The van der Waals surface area contributed by atoms with Crippen LogP contribution in [0, 0.1) is 0 Å². The van der Waals surface area contributed by atoms with Crippen LogP contribution in [0.3, 0.4) is 0 Å². The lowest BCUT2D eigenvalue weighted by Gasteiger charge is -2.36. The molecule has 0 aromatic carbocycles. The second-order valence-electron chi connectivity index (χ2n) is 3.70. The molecule has 1 saturated heterocycles. The molecule has 0 bridgehead atoms. The van der Waals surface area contributed by atoms with Gasteiger partial charge in [-0.05, 0) is 26.7 Å². The van der Waals surface area contributed by atoms with E-state index in [0.29, 0.717) is 10.5 Å². The van der Waals surface area contributed by atoms with Gasteiger partial charge in [0, 0.05) is 16.9 Å². The summed E-state index contributed by atoms with van der Waals surface area (Å²) in [5.74, 6) is 1.62. The van der Waals surface area contributed by atoms with E-state index in [2.05, 4.69) is 6.92 Å². The summed E-state index contributed by atoms with van der Waals surface area (Å²) in [5.41, 5.74) is 0. The van der Waals surface area contributed by atoms with E-state index in [9.17, 15) is 4.79 Å². The number of Topliss-reactive ketones (excluding diaryl/α,β-unsaturated/α-hetero) is 1. The highest BCUT2D eigenvalue weighted by atomic mass is 33.1. The van der Waals surface area contributed by atoms with Crippen molar-refractivity contribution in [3.63, 3.8) is 0 Å². The van der Waals surface area contributed by atoms with Crippen molar-refractivity contribution in [1.29, 1.82) is 0 Å². The van der Waals surface area contributed by atoms with Crippen molar-refractivity contribution in [2.45, 2.75) is 44.3 Å². The van der Waals surface area contributed by atoms with Crippen LogP contribution in [0.2, 0.25) is 0 Å². The molecule has 1 aliphatic heterocycles. The number of hydrogen-bond donors (Lipinski definition) is 0. The van der Waals surface area contributed by atoms with E-state index < -0.39 is 0 Å². The number of carbonyl (C=O) groups excluding carboxylic acids is 1. The number of rotatable bonds is 5. The molecule has 3 heteroatoms. The summed E-state index contributed by atoms with van der Waals surface area (Å²) in [6, 6.07) is 0. The summed E-state index contributed by atoms with van der Waals surface area (Å²) in [5, 5.41) is 0. The summed E-state index contributed by atoms with van der Waals surface area (Å²) in [4.78, 5) is 10.6. The highest BCUT2D eigenvalue weighted by Crippen LogP contribution is 2.52. The third-order valence-electron chi connectivity index (χ3n) is 2.11. The van der Waals surface area contributed by atoms with Crippen molar-refractivity contribution < 1.29 is 4.79 Å². The fraction of sp³-hybridized carbons (Fsp3) is 0.889. The van der Waals surface area contributed by atoms with E-state index >= 15 is 0 Å². The van der Waals surface area contributed by atoms with Gasteiger partial charge < -0.3 is 4.79 Å². The second kappa shape index (κ2) is 4.56. The van der Waals surface area contributed by atoms with Crippen LogP contribution in [0.25, 0.3) is 0 Å². The molecule has 1 atom stereocenters. The van der Waals surface area contributed by atoms with Gasteiger partial charge in [0.25, 0.3) is 0 Å². The molecule has 0 aliphatic carbocycles. The minimum absolute atomic E-state index is 0.329. The maximum Gasteiger partial charge on any atom is 0.129 e. The molecule has 0 aromatic rings. The Hall–Kier alpha value is 0.370. The van der Waals surface area contributed by atoms with Crippen LogP contribution < -0.4 is 0 Å². The third kappa shape index (κ3) is 3.40. The molecule has 1 fully saturated rings. The van der Waals surface area contributed by atoms with E-state index in [1.54, 1.807) is 6.92 Å². The Bertz CT molecular complexity index is 164. The Morgan fingerprint density at radius 2 is 2.17 bits per heavy atom. The van der Waals surface area contributed by atoms with Gasteiger partial charge in [-0.1, -0.05) is 28.0 Å². The molecule has 0 amide bonds. The molecular formula is C9H16OS2. The Kier molecular flexibility index (Phi) is 3.97. The van der Waals surface area contributed by atoms with Gasteiger partial charge in [0.15, 0.2) is 0 Å². The van der Waals surface area contributed by atoms with Crippen LogP contribution in [0.15, 0.2) is 0 Å².